The molecule has 0 saturated carbocycles. The lowest BCUT2D eigenvalue weighted by Crippen LogP contribution is -2.34. The number of para-hydroxylation sites is 1. The summed E-state index contributed by atoms with van der Waals surface area (Å²) < 4.78 is 11.2. The number of rotatable bonds is 5. The Kier molecular flexibility index (Phi) is 3.57. The van der Waals surface area contributed by atoms with Crippen LogP contribution in [0.1, 0.15) is 24.2 Å². The molecular formula is C17H19NO3. The average molecular weight is 285 g/mol. The van der Waals surface area contributed by atoms with Crippen LogP contribution in [0.4, 0.5) is 0 Å². The highest BCUT2D eigenvalue weighted by atomic mass is 16.4. The van der Waals surface area contributed by atoms with Crippen molar-refractivity contribution < 1.29 is 13.9 Å². The molecule has 0 amide bonds. The number of furan rings is 2. The highest BCUT2D eigenvalue weighted by Gasteiger charge is 2.26. The van der Waals surface area contributed by atoms with E-state index in [0.29, 0.717) is 18.8 Å². The zero-order chi connectivity index (χ0) is 14.9. The van der Waals surface area contributed by atoms with Crippen molar-refractivity contribution >= 4 is 11.0 Å². The molecule has 0 aliphatic carbocycles. The number of fused-ring (bicyclic) bond motifs is 1. The van der Waals surface area contributed by atoms with Gasteiger partial charge in [0.05, 0.1) is 6.54 Å². The third-order valence-corrected chi connectivity index (χ3v) is 3.52. The largest absolute Gasteiger partial charge is 0.463 e. The van der Waals surface area contributed by atoms with Crippen LogP contribution in [-0.4, -0.2) is 11.7 Å². The number of nitrogens with one attached hydrogen (secondary N) is 1. The van der Waals surface area contributed by atoms with Crippen LogP contribution in [0.25, 0.3) is 11.0 Å². The van der Waals surface area contributed by atoms with Gasteiger partial charge in [0.25, 0.3) is 0 Å². The highest BCUT2D eigenvalue weighted by Crippen LogP contribution is 2.23. The van der Waals surface area contributed by atoms with Crippen LogP contribution >= 0.6 is 0 Å². The minimum absolute atomic E-state index is 0.386. The molecule has 0 bridgehead atoms. The van der Waals surface area contributed by atoms with E-state index in [0.717, 1.165) is 22.5 Å². The Bertz CT molecular complexity index is 706. The van der Waals surface area contributed by atoms with Crippen LogP contribution in [0, 0.1) is 6.92 Å². The second kappa shape index (κ2) is 5.39. The van der Waals surface area contributed by atoms with E-state index in [1.165, 1.54) is 0 Å². The van der Waals surface area contributed by atoms with Gasteiger partial charge in [-0.2, -0.15) is 0 Å². The van der Waals surface area contributed by atoms with Crippen LogP contribution in [0.2, 0.25) is 0 Å². The van der Waals surface area contributed by atoms with E-state index in [4.69, 9.17) is 8.83 Å². The Balaban J connectivity index is 1.62. The first-order valence-electron chi connectivity index (χ1n) is 7.02. The monoisotopic (exact) mass is 285 g/mol. The van der Waals surface area contributed by atoms with E-state index < -0.39 is 5.60 Å². The van der Waals surface area contributed by atoms with Gasteiger partial charge in [-0.1, -0.05) is 18.2 Å². The molecule has 2 aromatic heterocycles. The van der Waals surface area contributed by atoms with Crippen molar-refractivity contribution in [2.45, 2.75) is 26.0 Å². The standard InChI is InChI=1S/C17H19NO3/c1-12-7-8-16(20-12)17(2,19)11-18-10-14-9-13-5-3-4-6-15(13)21-14/h3-9,18-19H,10-11H2,1-2H3. The Morgan fingerprint density at radius 1 is 1.14 bits per heavy atom. The maximum Gasteiger partial charge on any atom is 0.136 e. The SMILES string of the molecule is Cc1ccc(C(C)(O)CNCc2cc3ccccc3o2)o1. The van der Waals surface area contributed by atoms with Gasteiger partial charge in [-0.15, -0.1) is 0 Å². The maximum absolute atomic E-state index is 10.4. The summed E-state index contributed by atoms with van der Waals surface area (Å²) in [6, 6.07) is 13.6. The lowest BCUT2D eigenvalue weighted by atomic mass is 10.0. The van der Waals surface area contributed by atoms with Gasteiger partial charge in [0.1, 0.15) is 28.5 Å². The number of benzene rings is 1. The van der Waals surface area contributed by atoms with Crippen molar-refractivity contribution in [2.24, 2.45) is 0 Å². The number of aryl methyl sites for hydroxylation is 1. The maximum atomic E-state index is 10.4. The fourth-order valence-corrected chi connectivity index (χ4v) is 2.36. The zero-order valence-corrected chi connectivity index (χ0v) is 12.2. The van der Waals surface area contributed by atoms with Gasteiger partial charge in [-0.25, -0.2) is 0 Å². The molecule has 2 heterocycles. The van der Waals surface area contributed by atoms with Crippen LogP contribution in [0.5, 0.6) is 0 Å². The summed E-state index contributed by atoms with van der Waals surface area (Å²) in [4.78, 5) is 0. The van der Waals surface area contributed by atoms with Crippen molar-refractivity contribution in [3.8, 4) is 0 Å². The summed E-state index contributed by atoms with van der Waals surface area (Å²) in [5, 5.41) is 14.7. The lowest BCUT2D eigenvalue weighted by molar-refractivity contribution is 0.0329. The van der Waals surface area contributed by atoms with Gasteiger partial charge < -0.3 is 19.3 Å². The second-order valence-electron chi connectivity index (χ2n) is 5.54. The summed E-state index contributed by atoms with van der Waals surface area (Å²) in [5.74, 6) is 2.21. The molecule has 2 N–H and O–H groups in total. The van der Waals surface area contributed by atoms with Crippen LogP contribution in [0.3, 0.4) is 0 Å². The highest BCUT2D eigenvalue weighted by molar-refractivity contribution is 5.77. The quantitative estimate of drug-likeness (QED) is 0.755. The lowest BCUT2D eigenvalue weighted by Gasteiger charge is -2.21. The molecular weight excluding hydrogens is 266 g/mol. The molecule has 0 saturated heterocycles. The zero-order valence-electron chi connectivity index (χ0n) is 12.2. The van der Waals surface area contributed by atoms with Gasteiger partial charge in [0.15, 0.2) is 0 Å². The molecule has 1 unspecified atom stereocenters. The molecule has 4 nitrogen and oxygen atoms in total. The van der Waals surface area contributed by atoms with Gasteiger partial charge in [-0.3, -0.25) is 0 Å². The third kappa shape index (κ3) is 3.01. The van der Waals surface area contributed by atoms with E-state index in [2.05, 4.69) is 5.32 Å². The van der Waals surface area contributed by atoms with Gasteiger partial charge in [0, 0.05) is 11.9 Å². The molecule has 0 fully saturated rings. The summed E-state index contributed by atoms with van der Waals surface area (Å²) in [5.41, 5.74) is -0.164. The number of aliphatic hydroxyl groups is 1. The summed E-state index contributed by atoms with van der Waals surface area (Å²) in [7, 11) is 0. The fourth-order valence-electron chi connectivity index (χ4n) is 2.36. The van der Waals surface area contributed by atoms with Crippen LogP contribution in [-0.2, 0) is 12.1 Å². The Hall–Kier alpha value is -2.04. The Labute approximate surface area is 123 Å². The average Bonchev–Trinajstić information content (AvgIpc) is 3.04. The minimum atomic E-state index is -1.04. The first kappa shape index (κ1) is 13.9. The normalized spacial score (nSPS) is 14.4. The molecule has 1 atom stereocenters. The molecule has 21 heavy (non-hydrogen) atoms. The van der Waals surface area contributed by atoms with Crippen molar-refractivity contribution in [1.82, 2.24) is 5.32 Å². The predicted molar refractivity (Wildman–Crippen MR) is 80.9 cm³/mol. The van der Waals surface area contributed by atoms with Gasteiger partial charge >= 0.3 is 0 Å². The molecule has 4 heteroatoms. The minimum Gasteiger partial charge on any atom is -0.463 e. The van der Waals surface area contributed by atoms with Crippen LogP contribution < -0.4 is 5.32 Å². The predicted octanol–water partition coefficient (Wildman–Crippen LogP) is 3.33. The second-order valence-corrected chi connectivity index (χ2v) is 5.54. The number of hydrogen-bond acceptors (Lipinski definition) is 4. The molecule has 3 rings (SSSR count). The van der Waals surface area contributed by atoms with E-state index in [9.17, 15) is 5.11 Å². The molecule has 0 radical (unpaired) electrons. The van der Waals surface area contributed by atoms with Crippen molar-refractivity contribution in [3.63, 3.8) is 0 Å². The third-order valence-electron chi connectivity index (χ3n) is 3.52. The van der Waals surface area contributed by atoms with Gasteiger partial charge in [-0.05, 0) is 38.1 Å². The Morgan fingerprint density at radius 2 is 1.95 bits per heavy atom. The molecule has 1 aromatic carbocycles. The van der Waals surface area contributed by atoms with E-state index in [1.54, 1.807) is 13.0 Å². The van der Waals surface area contributed by atoms with Crippen molar-refractivity contribution in [2.75, 3.05) is 6.54 Å². The molecule has 3 aromatic rings. The summed E-state index contributed by atoms with van der Waals surface area (Å²) in [6.45, 7) is 4.54. The van der Waals surface area contributed by atoms with E-state index in [1.807, 2.05) is 43.3 Å². The van der Waals surface area contributed by atoms with Crippen molar-refractivity contribution in [1.29, 1.82) is 0 Å². The topological polar surface area (TPSA) is 58.5 Å². The molecule has 0 spiro atoms. The smallest absolute Gasteiger partial charge is 0.136 e. The number of hydrogen-bond donors (Lipinski definition) is 2. The summed E-state index contributed by atoms with van der Waals surface area (Å²) >= 11 is 0. The first-order chi connectivity index (χ1) is 10.0. The first-order valence-corrected chi connectivity index (χ1v) is 7.02. The Morgan fingerprint density at radius 3 is 2.67 bits per heavy atom. The molecule has 110 valence electrons. The molecule has 0 aliphatic rings. The van der Waals surface area contributed by atoms with Crippen molar-refractivity contribution in [3.05, 3.63) is 59.7 Å². The van der Waals surface area contributed by atoms with Crippen LogP contribution in [0.15, 0.2) is 51.3 Å². The molecule has 0 aliphatic heterocycles. The van der Waals surface area contributed by atoms with E-state index in [-0.39, 0.29) is 0 Å². The summed E-state index contributed by atoms with van der Waals surface area (Å²) in [6.07, 6.45) is 0. The van der Waals surface area contributed by atoms with Gasteiger partial charge in [0.2, 0.25) is 0 Å². The van der Waals surface area contributed by atoms with E-state index >= 15 is 0 Å². The fraction of sp³-hybridized carbons (Fsp3) is 0.294.